The summed E-state index contributed by atoms with van der Waals surface area (Å²) >= 11 is 1.55. The van der Waals surface area contributed by atoms with E-state index in [-0.39, 0.29) is 11.4 Å². The quantitative estimate of drug-likeness (QED) is 0.301. The molecule has 0 aliphatic heterocycles. The molecule has 4 aromatic rings. The number of carbonyl (C=O) groups excluding carboxylic acids is 1. The number of fused-ring (bicyclic) bond motifs is 1. The van der Waals surface area contributed by atoms with E-state index in [1.165, 1.54) is 12.1 Å². The summed E-state index contributed by atoms with van der Waals surface area (Å²) in [4.78, 5) is 13.5. The van der Waals surface area contributed by atoms with Gasteiger partial charge in [0.1, 0.15) is 29.8 Å². The van der Waals surface area contributed by atoms with E-state index in [0.717, 1.165) is 21.3 Å². The summed E-state index contributed by atoms with van der Waals surface area (Å²) in [5, 5.41) is 15.2. The Hall–Kier alpha value is -3.89. The van der Waals surface area contributed by atoms with E-state index in [4.69, 9.17) is 4.74 Å². The van der Waals surface area contributed by atoms with Gasteiger partial charge in [-0.05, 0) is 47.9 Å². The number of aromatic nitrogens is 1. The number of halogens is 1. The van der Waals surface area contributed by atoms with Crippen molar-refractivity contribution in [3.05, 3.63) is 94.1 Å². The Labute approximate surface area is 189 Å². The zero-order valence-corrected chi connectivity index (χ0v) is 17.9. The third-order valence-corrected chi connectivity index (χ3v) is 5.78. The molecule has 2 aromatic carbocycles. The van der Waals surface area contributed by atoms with E-state index in [1.54, 1.807) is 29.5 Å². The maximum atomic E-state index is 13.0. The molecule has 7 heteroatoms. The molecule has 0 saturated carbocycles. The van der Waals surface area contributed by atoms with Crippen molar-refractivity contribution in [2.45, 2.75) is 13.1 Å². The van der Waals surface area contributed by atoms with Crippen LogP contribution in [0.2, 0.25) is 0 Å². The van der Waals surface area contributed by atoms with Crippen LogP contribution in [0.25, 0.3) is 17.0 Å². The molecule has 32 heavy (non-hydrogen) atoms. The minimum Gasteiger partial charge on any atom is -0.492 e. The average Bonchev–Trinajstić information content (AvgIpc) is 3.45. The van der Waals surface area contributed by atoms with Gasteiger partial charge >= 0.3 is 0 Å². The summed E-state index contributed by atoms with van der Waals surface area (Å²) in [5.74, 6) is -0.118. The minimum atomic E-state index is -0.405. The number of ether oxygens (including phenoxy) is 1. The summed E-state index contributed by atoms with van der Waals surface area (Å²) in [6.07, 6.45) is 3.52. The van der Waals surface area contributed by atoms with Crippen LogP contribution in [-0.4, -0.2) is 17.1 Å². The molecule has 0 fully saturated rings. The Balaban J connectivity index is 1.51. The van der Waals surface area contributed by atoms with Crippen molar-refractivity contribution >= 4 is 34.2 Å². The molecule has 1 N–H and O–H groups in total. The molecule has 0 bridgehead atoms. The first-order valence-corrected chi connectivity index (χ1v) is 10.9. The summed E-state index contributed by atoms with van der Waals surface area (Å²) in [6.45, 7) is 1.33. The van der Waals surface area contributed by atoms with E-state index >= 15 is 0 Å². The molecule has 0 saturated heterocycles. The molecule has 4 rings (SSSR count). The number of thiophene rings is 1. The van der Waals surface area contributed by atoms with Gasteiger partial charge in [-0.1, -0.05) is 24.3 Å². The van der Waals surface area contributed by atoms with Gasteiger partial charge in [0, 0.05) is 27.5 Å². The van der Waals surface area contributed by atoms with Gasteiger partial charge in [-0.15, -0.1) is 11.3 Å². The van der Waals surface area contributed by atoms with Gasteiger partial charge in [0.05, 0.1) is 13.1 Å². The molecule has 2 heterocycles. The molecule has 160 valence electrons. The molecule has 0 aliphatic carbocycles. The second-order valence-electron chi connectivity index (χ2n) is 7.03. The normalized spacial score (nSPS) is 11.3. The maximum Gasteiger partial charge on any atom is 0.262 e. The maximum absolute atomic E-state index is 13.0. The van der Waals surface area contributed by atoms with Crippen molar-refractivity contribution in [1.29, 1.82) is 5.26 Å². The van der Waals surface area contributed by atoms with Crippen LogP contribution in [0, 0.1) is 17.1 Å². The van der Waals surface area contributed by atoms with Crippen LogP contribution in [0.15, 0.2) is 77.8 Å². The number of nitrogens with one attached hydrogen (secondary N) is 1. The summed E-state index contributed by atoms with van der Waals surface area (Å²) in [5.41, 5.74) is 1.80. The Morgan fingerprint density at radius 1 is 1.16 bits per heavy atom. The molecule has 2 aromatic heterocycles. The van der Waals surface area contributed by atoms with E-state index < -0.39 is 5.91 Å². The van der Waals surface area contributed by atoms with Crippen molar-refractivity contribution in [2.75, 3.05) is 6.61 Å². The highest BCUT2D eigenvalue weighted by molar-refractivity contribution is 7.09. The van der Waals surface area contributed by atoms with Crippen molar-refractivity contribution in [3.8, 4) is 11.8 Å². The van der Waals surface area contributed by atoms with E-state index in [9.17, 15) is 14.4 Å². The number of carbonyl (C=O) groups is 1. The molecule has 5 nitrogen and oxygen atoms in total. The Morgan fingerprint density at radius 3 is 2.72 bits per heavy atom. The van der Waals surface area contributed by atoms with Gasteiger partial charge < -0.3 is 14.6 Å². The van der Waals surface area contributed by atoms with Crippen molar-refractivity contribution in [1.82, 2.24) is 9.88 Å². The summed E-state index contributed by atoms with van der Waals surface area (Å²) in [6, 6.07) is 19.5. The fraction of sp³-hybridized carbons (Fsp3) is 0.120. The zero-order valence-electron chi connectivity index (χ0n) is 17.1. The lowest BCUT2D eigenvalue weighted by Crippen LogP contribution is -2.23. The van der Waals surface area contributed by atoms with Gasteiger partial charge in [-0.25, -0.2) is 4.39 Å². The van der Waals surface area contributed by atoms with Crippen molar-refractivity contribution in [3.63, 3.8) is 0 Å². The number of benzene rings is 2. The van der Waals surface area contributed by atoms with Crippen LogP contribution < -0.4 is 10.1 Å². The number of nitrogens with zero attached hydrogens (tertiary/aromatic N) is 2. The lowest BCUT2D eigenvalue weighted by Gasteiger charge is -2.08. The number of hydrogen-bond donors (Lipinski definition) is 1. The van der Waals surface area contributed by atoms with Crippen LogP contribution in [0.3, 0.4) is 0 Å². The van der Waals surface area contributed by atoms with Gasteiger partial charge in [0.25, 0.3) is 5.91 Å². The van der Waals surface area contributed by atoms with E-state index in [0.29, 0.717) is 25.4 Å². The second kappa shape index (κ2) is 9.94. The highest BCUT2D eigenvalue weighted by Crippen LogP contribution is 2.24. The number of para-hydroxylation sites is 1. The van der Waals surface area contributed by atoms with Crippen LogP contribution in [0.4, 0.5) is 4.39 Å². The van der Waals surface area contributed by atoms with Crippen molar-refractivity contribution < 1.29 is 13.9 Å². The standard InChI is InChI=1S/C25H20FN3O2S/c26-20-7-9-21(10-8-20)31-12-11-29-17-19(23-5-1-2-6-24(23)29)14-18(15-27)25(30)28-16-22-4-3-13-32-22/h1-10,13-14,17H,11-12,16H2,(H,28,30). The molecule has 0 aliphatic rings. The third kappa shape index (κ3) is 5.05. The monoisotopic (exact) mass is 445 g/mol. The lowest BCUT2D eigenvalue weighted by atomic mass is 10.1. The molecule has 0 spiro atoms. The topological polar surface area (TPSA) is 67.0 Å². The first kappa shape index (κ1) is 21.3. The number of rotatable bonds is 8. The molecule has 0 atom stereocenters. The molecule has 0 radical (unpaired) electrons. The Morgan fingerprint density at radius 2 is 1.97 bits per heavy atom. The van der Waals surface area contributed by atoms with Crippen LogP contribution in [0.1, 0.15) is 10.4 Å². The van der Waals surface area contributed by atoms with E-state index in [2.05, 4.69) is 5.32 Å². The van der Waals surface area contributed by atoms with Crippen LogP contribution >= 0.6 is 11.3 Å². The third-order valence-electron chi connectivity index (χ3n) is 4.90. The van der Waals surface area contributed by atoms with Gasteiger partial charge in [-0.2, -0.15) is 5.26 Å². The fourth-order valence-electron chi connectivity index (χ4n) is 3.35. The summed E-state index contributed by atoms with van der Waals surface area (Å²) in [7, 11) is 0. The predicted octanol–water partition coefficient (Wildman–Crippen LogP) is 5.14. The van der Waals surface area contributed by atoms with Crippen molar-refractivity contribution in [2.24, 2.45) is 0 Å². The van der Waals surface area contributed by atoms with Gasteiger partial charge in [0.15, 0.2) is 0 Å². The number of hydrogen-bond acceptors (Lipinski definition) is 4. The molecular formula is C25H20FN3O2S. The molecule has 1 amide bonds. The second-order valence-corrected chi connectivity index (χ2v) is 8.06. The Kier molecular flexibility index (Phi) is 6.63. The number of amides is 1. The van der Waals surface area contributed by atoms with Gasteiger partial charge in [0.2, 0.25) is 0 Å². The predicted molar refractivity (Wildman–Crippen MR) is 124 cm³/mol. The van der Waals surface area contributed by atoms with Crippen LogP contribution in [0.5, 0.6) is 5.75 Å². The molecule has 0 unspecified atom stereocenters. The Bertz CT molecular complexity index is 1290. The highest BCUT2D eigenvalue weighted by Gasteiger charge is 2.12. The smallest absolute Gasteiger partial charge is 0.262 e. The fourth-order valence-corrected chi connectivity index (χ4v) is 3.99. The first-order chi connectivity index (χ1) is 15.6. The minimum absolute atomic E-state index is 0.0482. The zero-order chi connectivity index (χ0) is 22.3. The highest BCUT2D eigenvalue weighted by atomic mass is 32.1. The first-order valence-electron chi connectivity index (χ1n) is 10.0. The lowest BCUT2D eigenvalue weighted by molar-refractivity contribution is -0.117. The van der Waals surface area contributed by atoms with E-state index in [1.807, 2.05) is 58.6 Å². The summed E-state index contributed by atoms with van der Waals surface area (Å²) < 4.78 is 20.8. The molecular weight excluding hydrogens is 425 g/mol. The number of nitriles is 1. The van der Waals surface area contributed by atoms with Gasteiger partial charge in [-0.3, -0.25) is 4.79 Å². The van der Waals surface area contributed by atoms with Crippen LogP contribution in [-0.2, 0) is 17.9 Å². The SMILES string of the molecule is N#CC(=Cc1cn(CCOc2ccc(F)cc2)c2ccccc12)C(=O)NCc1cccs1. The largest absolute Gasteiger partial charge is 0.492 e. The average molecular weight is 446 g/mol.